The van der Waals surface area contributed by atoms with Crippen molar-refractivity contribution in [1.29, 1.82) is 0 Å². The van der Waals surface area contributed by atoms with Crippen molar-refractivity contribution in [3.05, 3.63) is 47.7 Å². The molecule has 1 aliphatic rings. The highest BCUT2D eigenvalue weighted by Crippen LogP contribution is 2.23. The minimum absolute atomic E-state index is 0.315. The van der Waals surface area contributed by atoms with Crippen molar-refractivity contribution in [3.63, 3.8) is 0 Å². The molecular formula is C11H9NO2. The minimum atomic E-state index is -0.907. The van der Waals surface area contributed by atoms with Crippen LogP contribution in [0.3, 0.4) is 0 Å². The number of nitrogens with one attached hydrogen (secondary N) is 1. The fourth-order valence-corrected chi connectivity index (χ4v) is 1.40. The molecule has 3 nitrogen and oxygen atoms in total. The molecule has 3 heteroatoms. The maximum absolute atomic E-state index is 10.9. The molecule has 0 fully saturated rings. The van der Waals surface area contributed by atoms with E-state index in [1.165, 1.54) is 0 Å². The van der Waals surface area contributed by atoms with Gasteiger partial charge in [0.2, 0.25) is 0 Å². The Morgan fingerprint density at radius 2 is 2.14 bits per heavy atom. The van der Waals surface area contributed by atoms with Crippen molar-refractivity contribution in [2.24, 2.45) is 0 Å². The van der Waals surface area contributed by atoms with Gasteiger partial charge in [0.1, 0.15) is 0 Å². The van der Waals surface area contributed by atoms with E-state index in [9.17, 15) is 4.79 Å². The fourth-order valence-electron chi connectivity index (χ4n) is 1.40. The predicted molar refractivity (Wildman–Crippen MR) is 55.2 cm³/mol. The second-order valence-corrected chi connectivity index (χ2v) is 2.93. The summed E-state index contributed by atoms with van der Waals surface area (Å²) in [5.41, 5.74) is 1.84. The van der Waals surface area contributed by atoms with Crippen LogP contribution in [0.25, 0.3) is 6.08 Å². The lowest BCUT2D eigenvalue weighted by Crippen LogP contribution is -2.01. The lowest BCUT2D eigenvalue weighted by molar-refractivity contribution is 0.0696. The standard InChI is InChI=1S/C11H9NO2/c13-11(14)9-5-3-6-10-8(9)4-1-2-7-12-10/h1-7,12H,(H,13,14). The average Bonchev–Trinajstić information content (AvgIpc) is 2.41. The van der Waals surface area contributed by atoms with E-state index in [1.807, 2.05) is 18.2 Å². The number of benzene rings is 1. The third-order valence-electron chi connectivity index (χ3n) is 2.05. The van der Waals surface area contributed by atoms with Gasteiger partial charge in [-0.15, -0.1) is 0 Å². The number of fused-ring (bicyclic) bond motifs is 1. The number of aromatic carboxylic acids is 1. The predicted octanol–water partition coefficient (Wildman–Crippen LogP) is 2.34. The van der Waals surface area contributed by atoms with Crippen LogP contribution in [-0.4, -0.2) is 11.1 Å². The number of anilines is 1. The maximum atomic E-state index is 10.9. The van der Waals surface area contributed by atoms with E-state index < -0.39 is 5.97 Å². The lowest BCUT2D eigenvalue weighted by atomic mass is 10.1. The largest absolute Gasteiger partial charge is 0.478 e. The monoisotopic (exact) mass is 187 g/mol. The lowest BCUT2D eigenvalue weighted by Gasteiger charge is -2.07. The van der Waals surface area contributed by atoms with Gasteiger partial charge in [-0.2, -0.15) is 0 Å². The summed E-state index contributed by atoms with van der Waals surface area (Å²) in [4.78, 5) is 10.9. The van der Waals surface area contributed by atoms with Crippen LogP contribution in [0.1, 0.15) is 15.9 Å². The quantitative estimate of drug-likeness (QED) is 0.709. The molecule has 70 valence electrons. The SMILES string of the molecule is O=C(O)c1cccc2c1C=CC=CN2. The second-order valence-electron chi connectivity index (χ2n) is 2.93. The highest BCUT2D eigenvalue weighted by molar-refractivity contribution is 5.95. The first kappa shape index (κ1) is 8.56. The molecule has 1 heterocycles. The van der Waals surface area contributed by atoms with Crippen molar-refractivity contribution in [3.8, 4) is 0 Å². The number of hydrogen-bond acceptors (Lipinski definition) is 2. The topological polar surface area (TPSA) is 49.3 Å². The molecule has 0 aliphatic carbocycles. The summed E-state index contributed by atoms with van der Waals surface area (Å²) in [6.45, 7) is 0. The molecule has 0 spiro atoms. The van der Waals surface area contributed by atoms with Crippen LogP contribution in [0.4, 0.5) is 5.69 Å². The van der Waals surface area contributed by atoms with E-state index in [0.717, 1.165) is 5.69 Å². The summed E-state index contributed by atoms with van der Waals surface area (Å²) in [6, 6.07) is 5.17. The maximum Gasteiger partial charge on any atom is 0.336 e. The second kappa shape index (κ2) is 3.38. The Labute approximate surface area is 81.4 Å². The summed E-state index contributed by atoms with van der Waals surface area (Å²) in [7, 11) is 0. The molecule has 2 rings (SSSR count). The summed E-state index contributed by atoms with van der Waals surface area (Å²) in [5, 5.41) is 12.0. The van der Waals surface area contributed by atoms with E-state index in [0.29, 0.717) is 11.1 Å². The van der Waals surface area contributed by atoms with Crippen LogP contribution in [-0.2, 0) is 0 Å². The first-order chi connectivity index (χ1) is 6.79. The van der Waals surface area contributed by atoms with Crippen molar-refractivity contribution in [2.75, 3.05) is 5.32 Å². The Hall–Kier alpha value is -2.03. The smallest absolute Gasteiger partial charge is 0.336 e. The minimum Gasteiger partial charge on any atom is -0.478 e. The number of hydrogen-bond donors (Lipinski definition) is 2. The third-order valence-corrected chi connectivity index (χ3v) is 2.05. The van der Waals surface area contributed by atoms with Gasteiger partial charge in [0.05, 0.1) is 5.56 Å². The molecule has 1 aromatic rings. The summed E-state index contributed by atoms with van der Waals surface area (Å²) >= 11 is 0. The molecule has 0 radical (unpaired) electrons. The van der Waals surface area contributed by atoms with Gasteiger partial charge in [-0.3, -0.25) is 0 Å². The van der Waals surface area contributed by atoms with E-state index in [4.69, 9.17) is 5.11 Å². The Balaban J connectivity index is 2.61. The number of carboxylic acid groups (broad SMARTS) is 1. The van der Waals surface area contributed by atoms with Crippen LogP contribution in [0.5, 0.6) is 0 Å². The third kappa shape index (κ3) is 1.40. The first-order valence-electron chi connectivity index (χ1n) is 4.25. The number of rotatable bonds is 1. The van der Waals surface area contributed by atoms with Crippen LogP contribution in [0, 0.1) is 0 Å². The first-order valence-corrected chi connectivity index (χ1v) is 4.25. The Bertz CT molecular complexity index is 433. The number of allylic oxidation sites excluding steroid dienone is 2. The molecule has 0 aromatic heterocycles. The van der Waals surface area contributed by atoms with Gasteiger partial charge < -0.3 is 10.4 Å². The molecule has 1 aromatic carbocycles. The Morgan fingerprint density at radius 3 is 2.93 bits per heavy atom. The molecule has 2 N–H and O–H groups in total. The molecule has 0 saturated heterocycles. The van der Waals surface area contributed by atoms with Crippen LogP contribution < -0.4 is 5.32 Å². The van der Waals surface area contributed by atoms with Gasteiger partial charge in [-0.25, -0.2) is 4.79 Å². The van der Waals surface area contributed by atoms with Crippen molar-refractivity contribution < 1.29 is 9.90 Å². The van der Waals surface area contributed by atoms with E-state index in [1.54, 1.807) is 24.4 Å². The highest BCUT2D eigenvalue weighted by atomic mass is 16.4. The van der Waals surface area contributed by atoms with E-state index in [2.05, 4.69) is 5.32 Å². The van der Waals surface area contributed by atoms with Crippen LogP contribution in [0.15, 0.2) is 36.6 Å². The zero-order chi connectivity index (χ0) is 9.97. The molecule has 0 bridgehead atoms. The molecule has 14 heavy (non-hydrogen) atoms. The van der Waals surface area contributed by atoms with Crippen molar-refractivity contribution in [2.45, 2.75) is 0 Å². The average molecular weight is 187 g/mol. The van der Waals surface area contributed by atoms with Gasteiger partial charge in [-0.05, 0) is 18.2 Å². The highest BCUT2D eigenvalue weighted by Gasteiger charge is 2.11. The Morgan fingerprint density at radius 1 is 1.29 bits per heavy atom. The van der Waals surface area contributed by atoms with Gasteiger partial charge in [0.25, 0.3) is 0 Å². The van der Waals surface area contributed by atoms with Crippen molar-refractivity contribution >= 4 is 17.7 Å². The summed E-state index contributed by atoms with van der Waals surface area (Å²) < 4.78 is 0. The normalized spacial score (nSPS) is 12.9. The molecule has 0 saturated carbocycles. The van der Waals surface area contributed by atoms with E-state index in [-0.39, 0.29) is 0 Å². The van der Waals surface area contributed by atoms with E-state index >= 15 is 0 Å². The molecule has 0 atom stereocenters. The van der Waals surface area contributed by atoms with Gasteiger partial charge in [0, 0.05) is 17.5 Å². The number of carbonyl (C=O) groups is 1. The zero-order valence-electron chi connectivity index (χ0n) is 7.40. The van der Waals surface area contributed by atoms with Gasteiger partial charge >= 0.3 is 5.97 Å². The van der Waals surface area contributed by atoms with Crippen molar-refractivity contribution in [1.82, 2.24) is 0 Å². The van der Waals surface area contributed by atoms with Crippen LogP contribution >= 0.6 is 0 Å². The molecule has 0 amide bonds. The molecule has 1 aliphatic heterocycles. The number of carboxylic acids is 1. The van der Waals surface area contributed by atoms with Gasteiger partial charge in [0.15, 0.2) is 0 Å². The van der Waals surface area contributed by atoms with Gasteiger partial charge in [-0.1, -0.05) is 18.2 Å². The molecular weight excluding hydrogens is 178 g/mol. The molecule has 0 unspecified atom stereocenters. The zero-order valence-corrected chi connectivity index (χ0v) is 7.40. The summed E-state index contributed by atoms with van der Waals surface area (Å²) in [6.07, 6.45) is 7.19. The Kier molecular flexibility index (Phi) is 2.07. The summed E-state index contributed by atoms with van der Waals surface area (Å²) in [5.74, 6) is -0.907. The fraction of sp³-hybridized carbons (Fsp3) is 0. The van der Waals surface area contributed by atoms with Crippen LogP contribution in [0.2, 0.25) is 0 Å².